The fourth-order valence-corrected chi connectivity index (χ4v) is 4.57. The molecule has 6 heteroatoms. The Labute approximate surface area is 139 Å². The zero-order valence-corrected chi connectivity index (χ0v) is 14.7. The summed E-state index contributed by atoms with van der Waals surface area (Å²) in [7, 11) is -3.46. The maximum atomic E-state index is 13.0. The second-order valence-corrected chi connectivity index (χ2v) is 8.46. The minimum atomic E-state index is -3.46. The molecule has 128 valence electrons. The monoisotopic (exact) mass is 338 g/mol. The van der Waals surface area contributed by atoms with E-state index in [0.717, 1.165) is 12.0 Å². The van der Waals surface area contributed by atoms with Crippen LogP contribution in [-0.2, 0) is 21.1 Å². The van der Waals surface area contributed by atoms with Crippen LogP contribution in [0, 0.1) is 0 Å². The van der Waals surface area contributed by atoms with Crippen LogP contribution in [0.25, 0.3) is 0 Å². The summed E-state index contributed by atoms with van der Waals surface area (Å²) in [5.41, 5.74) is 1.15. The summed E-state index contributed by atoms with van der Waals surface area (Å²) in [4.78, 5) is 14.7. The van der Waals surface area contributed by atoms with E-state index in [-0.39, 0.29) is 5.91 Å². The van der Waals surface area contributed by atoms with Crippen LogP contribution in [0.5, 0.6) is 0 Å². The minimum Gasteiger partial charge on any atom is -0.341 e. The van der Waals surface area contributed by atoms with E-state index in [9.17, 15) is 13.2 Å². The van der Waals surface area contributed by atoms with Crippen LogP contribution >= 0.6 is 0 Å². The molecule has 0 aromatic heterocycles. The average Bonchev–Trinajstić information content (AvgIpc) is 2.56. The van der Waals surface area contributed by atoms with Gasteiger partial charge in [-0.05, 0) is 44.8 Å². The summed E-state index contributed by atoms with van der Waals surface area (Å²) < 4.78 is 23.5. The summed E-state index contributed by atoms with van der Waals surface area (Å²) >= 11 is 0. The predicted molar refractivity (Wildman–Crippen MR) is 92.1 cm³/mol. The van der Waals surface area contributed by atoms with Crippen molar-refractivity contribution in [3.8, 4) is 0 Å². The third kappa shape index (κ3) is 3.93. The van der Waals surface area contributed by atoms with Crippen LogP contribution in [0.15, 0.2) is 30.3 Å². The first kappa shape index (κ1) is 17.9. The number of sulfone groups is 1. The highest BCUT2D eigenvalue weighted by Crippen LogP contribution is 2.30. The third-order valence-electron chi connectivity index (χ3n) is 4.69. The van der Waals surface area contributed by atoms with E-state index in [0.29, 0.717) is 39.0 Å². The first-order chi connectivity index (χ1) is 10.9. The Kier molecular flexibility index (Phi) is 5.81. The molecule has 0 aliphatic carbocycles. The third-order valence-corrected chi connectivity index (χ3v) is 6.70. The van der Waals surface area contributed by atoms with E-state index in [4.69, 9.17) is 0 Å². The molecule has 0 unspecified atom stereocenters. The Morgan fingerprint density at radius 3 is 2.35 bits per heavy atom. The highest BCUT2D eigenvalue weighted by atomic mass is 32.2. The van der Waals surface area contributed by atoms with Crippen molar-refractivity contribution < 1.29 is 13.2 Å². The fourth-order valence-electron chi connectivity index (χ4n) is 3.17. The van der Waals surface area contributed by atoms with Gasteiger partial charge < -0.3 is 10.2 Å². The molecule has 2 rings (SSSR count). The van der Waals surface area contributed by atoms with Gasteiger partial charge in [-0.15, -0.1) is 0 Å². The zero-order valence-electron chi connectivity index (χ0n) is 13.9. The molecule has 0 atom stereocenters. The van der Waals surface area contributed by atoms with Crippen molar-refractivity contribution in [1.29, 1.82) is 0 Å². The zero-order chi connectivity index (χ0) is 16.9. The molecule has 1 amide bonds. The quantitative estimate of drug-likeness (QED) is 0.848. The number of rotatable bonds is 6. The first-order valence-electron chi connectivity index (χ1n) is 8.14. The second-order valence-electron chi connectivity index (χ2n) is 6.14. The molecule has 5 nitrogen and oxygen atoms in total. The maximum Gasteiger partial charge on any atom is 0.244 e. The second kappa shape index (κ2) is 7.45. The van der Waals surface area contributed by atoms with Crippen LogP contribution < -0.4 is 5.32 Å². The van der Waals surface area contributed by atoms with Crippen molar-refractivity contribution in [3.05, 3.63) is 35.9 Å². The van der Waals surface area contributed by atoms with Gasteiger partial charge >= 0.3 is 0 Å². The Balaban J connectivity index is 2.16. The number of likely N-dealkylation sites (N-methyl/N-ethyl adjacent to an activating group) is 1. The van der Waals surface area contributed by atoms with Gasteiger partial charge in [-0.3, -0.25) is 4.79 Å². The summed E-state index contributed by atoms with van der Waals surface area (Å²) in [6, 6.07) is 9.95. The lowest BCUT2D eigenvalue weighted by Gasteiger charge is -2.38. The van der Waals surface area contributed by atoms with Gasteiger partial charge in [-0.1, -0.05) is 30.3 Å². The number of benzene rings is 1. The Morgan fingerprint density at radius 2 is 1.83 bits per heavy atom. The minimum absolute atomic E-state index is 0.236. The van der Waals surface area contributed by atoms with Crippen molar-refractivity contribution in [3.63, 3.8) is 0 Å². The first-order valence-corrected chi connectivity index (χ1v) is 10.0. The predicted octanol–water partition coefficient (Wildman–Crippen LogP) is 1.24. The number of hydrogen-bond acceptors (Lipinski definition) is 4. The number of nitrogens with one attached hydrogen (secondary N) is 1. The largest absolute Gasteiger partial charge is 0.341 e. The van der Waals surface area contributed by atoms with Gasteiger partial charge in [0.2, 0.25) is 5.91 Å². The van der Waals surface area contributed by atoms with E-state index in [2.05, 4.69) is 5.32 Å². The lowest BCUT2D eigenvalue weighted by atomic mass is 9.95. The molecule has 1 aromatic rings. The molecule has 1 aliphatic rings. The SMILES string of the molecule is CCN(CCc1ccccc1)C(=O)C1(S(C)(=O)=O)CCNCC1. The molecule has 0 bridgehead atoms. The molecule has 1 N–H and O–H groups in total. The standard InChI is InChI=1S/C17H26N2O3S/c1-3-19(14-9-15-7-5-4-6-8-15)16(20)17(23(2,21)22)10-12-18-13-11-17/h4-8,18H,3,9-14H2,1-2H3. The van der Waals surface area contributed by atoms with E-state index in [1.165, 1.54) is 6.26 Å². The summed E-state index contributed by atoms with van der Waals surface area (Å²) in [5, 5.41) is 3.15. The molecular formula is C17H26N2O3S. The van der Waals surface area contributed by atoms with Crippen LogP contribution in [0.2, 0.25) is 0 Å². The molecule has 0 saturated carbocycles. The highest BCUT2D eigenvalue weighted by Gasteiger charge is 2.50. The molecule has 1 fully saturated rings. The molecule has 1 saturated heterocycles. The molecule has 0 spiro atoms. The summed E-state index contributed by atoms with van der Waals surface area (Å²) in [6.45, 7) is 4.10. The average molecular weight is 338 g/mol. The van der Waals surface area contributed by atoms with Crippen molar-refractivity contribution in [1.82, 2.24) is 10.2 Å². The summed E-state index contributed by atoms with van der Waals surface area (Å²) in [5.74, 6) is -0.236. The van der Waals surface area contributed by atoms with Crippen molar-refractivity contribution in [2.75, 3.05) is 32.4 Å². The summed E-state index contributed by atoms with van der Waals surface area (Å²) in [6.07, 6.45) is 2.64. The number of carbonyl (C=O) groups excluding carboxylic acids is 1. The number of carbonyl (C=O) groups is 1. The van der Waals surface area contributed by atoms with E-state index < -0.39 is 14.6 Å². The van der Waals surface area contributed by atoms with Crippen LogP contribution in [0.1, 0.15) is 25.3 Å². The van der Waals surface area contributed by atoms with Gasteiger partial charge in [0.1, 0.15) is 0 Å². The van der Waals surface area contributed by atoms with Gasteiger partial charge in [-0.25, -0.2) is 8.42 Å². The molecular weight excluding hydrogens is 312 g/mol. The Hall–Kier alpha value is -1.40. The van der Waals surface area contributed by atoms with Crippen LogP contribution in [0.4, 0.5) is 0 Å². The van der Waals surface area contributed by atoms with E-state index in [1.807, 2.05) is 37.3 Å². The van der Waals surface area contributed by atoms with Gasteiger partial charge in [0.25, 0.3) is 0 Å². The molecule has 1 aliphatic heterocycles. The fraction of sp³-hybridized carbons (Fsp3) is 0.588. The van der Waals surface area contributed by atoms with Gasteiger partial charge in [0, 0.05) is 19.3 Å². The molecule has 23 heavy (non-hydrogen) atoms. The van der Waals surface area contributed by atoms with Gasteiger partial charge in [0.15, 0.2) is 14.6 Å². The Bertz CT molecular complexity index is 622. The van der Waals surface area contributed by atoms with Crippen molar-refractivity contribution >= 4 is 15.7 Å². The maximum absolute atomic E-state index is 13.0. The smallest absolute Gasteiger partial charge is 0.244 e. The highest BCUT2D eigenvalue weighted by molar-refractivity contribution is 7.92. The van der Waals surface area contributed by atoms with Gasteiger partial charge in [-0.2, -0.15) is 0 Å². The topological polar surface area (TPSA) is 66.5 Å². The normalized spacial score (nSPS) is 17.7. The van der Waals surface area contributed by atoms with E-state index in [1.54, 1.807) is 4.90 Å². The Morgan fingerprint density at radius 1 is 1.22 bits per heavy atom. The molecule has 1 aromatic carbocycles. The van der Waals surface area contributed by atoms with E-state index >= 15 is 0 Å². The number of amides is 1. The lowest BCUT2D eigenvalue weighted by Crippen LogP contribution is -2.58. The lowest BCUT2D eigenvalue weighted by molar-refractivity contribution is -0.134. The number of hydrogen-bond donors (Lipinski definition) is 1. The molecule has 0 radical (unpaired) electrons. The van der Waals surface area contributed by atoms with Crippen molar-refractivity contribution in [2.45, 2.75) is 30.9 Å². The number of piperidine rings is 1. The number of nitrogens with zero attached hydrogens (tertiary/aromatic N) is 1. The van der Waals surface area contributed by atoms with Crippen LogP contribution in [-0.4, -0.2) is 56.4 Å². The van der Waals surface area contributed by atoms with Crippen LogP contribution in [0.3, 0.4) is 0 Å². The van der Waals surface area contributed by atoms with Crippen molar-refractivity contribution in [2.24, 2.45) is 0 Å². The molecule has 1 heterocycles. The van der Waals surface area contributed by atoms with Gasteiger partial charge in [0.05, 0.1) is 0 Å².